The van der Waals surface area contributed by atoms with Gasteiger partial charge >= 0.3 is 6.36 Å². The van der Waals surface area contributed by atoms with E-state index in [4.69, 9.17) is 4.74 Å². The average molecular weight is 470 g/mol. The highest BCUT2D eigenvalue weighted by atomic mass is 19.4. The Morgan fingerprint density at radius 2 is 1.62 bits per heavy atom. The lowest BCUT2D eigenvalue weighted by molar-refractivity contribution is -0.274. The number of alkyl halides is 3. The minimum absolute atomic E-state index is 0.0969. The number of nitrogens with zero attached hydrogens (tertiary/aromatic N) is 2. The number of hydrogen-bond donors (Lipinski definition) is 0. The highest BCUT2D eigenvalue weighted by Gasteiger charge is 2.35. The van der Waals surface area contributed by atoms with E-state index in [1.165, 1.54) is 29.8 Å². The van der Waals surface area contributed by atoms with Crippen LogP contribution in [0.4, 0.5) is 13.2 Å². The monoisotopic (exact) mass is 470 g/mol. The van der Waals surface area contributed by atoms with Gasteiger partial charge in [0.2, 0.25) is 0 Å². The SMILES string of the molecule is COc1ccc(CN2C[C@H]3C[C@H](C2)c2ccc(-c4ccc(OC(F)(F)F)cc4)c(=O)n2C3)cc1. The number of methoxy groups -OCH3 is 1. The maximum Gasteiger partial charge on any atom is 0.573 e. The Labute approximate surface area is 195 Å². The Kier molecular flexibility index (Phi) is 5.85. The van der Waals surface area contributed by atoms with Gasteiger partial charge in [-0.15, -0.1) is 13.2 Å². The summed E-state index contributed by atoms with van der Waals surface area (Å²) in [5.41, 5.74) is 3.22. The molecule has 8 heteroatoms. The van der Waals surface area contributed by atoms with Crippen LogP contribution >= 0.6 is 0 Å². The number of aromatic nitrogens is 1. The van der Waals surface area contributed by atoms with Crippen LogP contribution in [0.2, 0.25) is 0 Å². The van der Waals surface area contributed by atoms with Gasteiger partial charge in [0.25, 0.3) is 5.56 Å². The molecule has 3 heterocycles. The standard InChI is InChI=1S/C26H25F3N2O3/c1-33-21-6-2-17(3-7-21)13-30-14-18-12-20(16-30)24-11-10-23(25(32)31(24)15-18)19-4-8-22(9-5-19)34-26(27,28)29/h2-11,18,20H,12-16H2,1H3/t18-,20-/m1/s1. The zero-order valence-corrected chi connectivity index (χ0v) is 18.7. The number of fused-ring (bicyclic) bond motifs is 4. The number of hydrogen-bond acceptors (Lipinski definition) is 4. The van der Waals surface area contributed by atoms with Crippen LogP contribution < -0.4 is 15.0 Å². The second-order valence-electron chi connectivity index (χ2n) is 9.00. The number of ether oxygens (including phenoxy) is 2. The second kappa shape index (κ2) is 8.83. The predicted molar refractivity (Wildman–Crippen MR) is 122 cm³/mol. The molecule has 0 spiro atoms. The Hall–Kier alpha value is -3.26. The van der Waals surface area contributed by atoms with Crippen molar-refractivity contribution in [2.75, 3.05) is 20.2 Å². The molecule has 2 bridgehead atoms. The highest BCUT2D eigenvalue weighted by Crippen LogP contribution is 2.36. The molecular weight excluding hydrogens is 445 g/mol. The van der Waals surface area contributed by atoms with Crippen LogP contribution in [-0.4, -0.2) is 36.0 Å². The molecule has 1 saturated heterocycles. The number of rotatable bonds is 5. The van der Waals surface area contributed by atoms with Gasteiger partial charge in [0.1, 0.15) is 11.5 Å². The quantitative estimate of drug-likeness (QED) is 0.524. The van der Waals surface area contributed by atoms with E-state index < -0.39 is 6.36 Å². The summed E-state index contributed by atoms with van der Waals surface area (Å²) in [5.74, 6) is 1.18. The van der Waals surface area contributed by atoms with E-state index in [0.29, 0.717) is 23.6 Å². The summed E-state index contributed by atoms with van der Waals surface area (Å²) in [6.45, 7) is 3.30. The summed E-state index contributed by atoms with van der Waals surface area (Å²) in [7, 11) is 1.66. The topological polar surface area (TPSA) is 43.7 Å². The first-order valence-electron chi connectivity index (χ1n) is 11.2. The minimum Gasteiger partial charge on any atom is -0.497 e. The first-order chi connectivity index (χ1) is 16.3. The fourth-order valence-corrected chi connectivity index (χ4v) is 5.22. The summed E-state index contributed by atoms with van der Waals surface area (Å²) in [6.07, 6.45) is -3.69. The number of pyridine rings is 1. The maximum absolute atomic E-state index is 13.3. The van der Waals surface area contributed by atoms with Crippen molar-refractivity contribution in [3.8, 4) is 22.6 Å². The lowest BCUT2D eigenvalue weighted by atomic mass is 9.82. The highest BCUT2D eigenvalue weighted by molar-refractivity contribution is 5.63. The molecule has 2 aliphatic rings. The van der Waals surface area contributed by atoms with Gasteiger partial charge in [0, 0.05) is 43.4 Å². The van der Waals surface area contributed by atoms with E-state index in [9.17, 15) is 18.0 Å². The number of halogens is 3. The molecule has 0 aliphatic carbocycles. The summed E-state index contributed by atoms with van der Waals surface area (Å²) in [4.78, 5) is 15.8. The Morgan fingerprint density at radius 1 is 0.912 bits per heavy atom. The minimum atomic E-state index is -4.74. The molecule has 34 heavy (non-hydrogen) atoms. The molecule has 1 fully saturated rings. The van der Waals surface area contributed by atoms with Crippen molar-refractivity contribution in [2.24, 2.45) is 5.92 Å². The van der Waals surface area contributed by atoms with Crippen LogP contribution in [0.25, 0.3) is 11.1 Å². The van der Waals surface area contributed by atoms with Crippen LogP contribution in [0.3, 0.4) is 0 Å². The zero-order valence-electron chi connectivity index (χ0n) is 18.7. The smallest absolute Gasteiger partial charge is 0.497 e. The van der Waals surface area contributed by atoms with Crippen molar-refractivity contribution in [1.82, 2.24) is 9.47 Å². The molecular formula is C26H25F3N2O3. The van der Waals surface area contributed by atoms with E-state index in [-0.39, 0.29) is 17.2 Å². The van der Waals surface area contributed by atoms with Gasteiger partial charge in [0.15, 0.2) is 0 Å². The Morgan fingerprint density at radius 3 is 2.29 bits per heavy atom. The molecule has 2 aromatic carbocycles. The number of likely N-dealkylation sites (tertiary alicyclic amines) is 1. The van der Waals surface area contributed by atoms with Crippen LogP contribution in [0.1, 0.15) is 23.6 Å². The first kappa shape index (κ1) is 22.5. The Bertz CT molecular complexity index is 1220. The lowest BCUT2D eigenvalue weighted by Gasteiger charge is -2.43. The molecule has 1 aromatic heterocycles. The van der Waals surface area contributed by atoms with E-state index >= 15 is 0 Å². The van der Waals surface area contributed by atoms with Gasteiger partial charge in [-0.3, -0.25) is 9.69 Å². The van der Waals surface area contributed by atoms with Gasteiger partial charge in [-0.1, -0.05) is 24.3 Å². The van der Waals surface area contributed by atoms with Crippen molar-refractivity contribution < 1.29 is 22.6 Å². The molecule has 0 saturated carbocycles. The number of piperidine rings is 1. The van der Waals surface area contributed by atoms with Crippen LogP contribution in [0.15, 0.2) is 65.5 Å². The third-order valence-electron chi connectivity index (χ3n) is 6.64. The fraction of sp³-hybridized carbons (Fsp3) is 0.346. The normalized spacial score (nSPS) is 20.0. The molecule has 2 aliphatic heterocycles. The van der Waals surface area contributed by atoms with Gasteiger partial charge in [-0.2, -0.15) is 0 Å². The van der Waals surface area contributed by atoms with E-state index in [0.717, 1.165) is 37.5 Å². The summed E-state index contributed by atoms with van der Waals surface area (Å²) in [5, 5.41) is 0. The molecule has 0 radical (unpaired) electrons. The molecule has 3 aromatic rings. The van der Waals surface area contributed by atoms with Gasteiger partial charge in [0.05, 0.1) is 7.11 Å². The fourth-order valence-electron chi connectivity index (χ4n) is 5.22. The van der Waals surface area contributed by atoms with Gasteiger partial charge in [-0.25, -0.2) is 0 Å². The Balaban J connectivity index is 1.35. The van der Waals surface area contributed by atoms with Crippen molar-refractivity contribution in [2.45, 2.75) is 31.8 Å². The molecule has 178 valence electrons. The van der Waals surface area contributed by atoms with E-state index in [2.05, 4.69) is 21.8 Å². The lowest BCUT2D eigenvalue weighted by Crippen LogP contribution is -2.46. The molecule has 5 rings (SSSR count). The molecule has 0 N–H and O–H groups in total. The summed E-state index contributed by atoms with van der Waals surface area (Å²) in [6, 6.07) is 17.3. The van der Waals surface area contributed by atoms with Crippen LogP contribution in [0, 0.1) is 5.92 Å². The van der Waals surface area contributed by atoms with Gasteiger partial charge < -0.3 is 14.0 Å². The zero-order chi connectivity index (χ0) is 23.9. The van der Waals surface area contributed by atoms with Gasteiger partial charge in [-0.05, 0) is 59.9 Å². The summed E-state index contributed by atoms with van der Waals surface area (Å²) < 4.78 is 48.3. The van der Waals surface area contributed by atoms with Crippen molar-refractivity contribution >= 4 is 0 Å². The molecule has 0 amide bonds. The second-order valence-corrected chi connectivity index (χ2v) is 9.00. The third kappa shape index (κ3) is 4.68. The van der Waals surface area contributed by atoms with Crippen LogP contribution in [-0.2, 0) is 13.1 Å². The van der Waals surface area contributed by atoms with E-state index in [1.54, 1.807) is 13.2 Å². The average Bonchev–Trinajstić information content (AvgIpc) is 2.80. The number of benzene rings is 2. The largest absolute Gasteiger partial charge is 0.573 e. The summed E-state index contributed by atoms with van der Waals surface area (Å²) >= 11 is 0. The van der Waals surface area contributed by atoms with E-state index in [1.807, 2.05) is 22.8 Å². The molecule has 0 unspecified atom stereocenters. The molecule has 5 nitrogen and oxygen atoms in total. The third-order valence-corrected chi connectivity index (χ3v) is 6.64. The van der Waals surface area contributed by atoms with Crippen molar-refractivity contribution in [1.29, 1.82) is 0 Å². The maximum atomic E-state index is 13.3. The van der Waals surface area contributed by atoms with Crippen molar-refractivity contribution in [3.05, 3.63) is 82.3 Å². The van der Waals surface area contributed by atoms with Crippen molar-refractivity contribution in [3.63, 3.8) is 0 Å². The predicted octanol–water partition coefficient (Wildman–Crippen LogP) is 5.04. The van der Waals surface area contributed by atoms with Crippen LogP contribution in [0.5, 0.6) is 11.5 Å². The first-order valence-corrected chi connectivity index (χ1v) is 11.2. The molecule has 2 atom stereocenters.